The van der Waals surface area contributed by atoms with Crippen molar-refractivity contribution in [1.29, 1.82) is 0 Å². The minimum atomic E-state index is -1.81. The molecule has 2 heterocycles. The molecule has 7 heteroatoms. The Labute approximate surface area is 327 Å². The van der Waals surface area contributed by atoms with Crippen LogP contribution in [0.3, 0.4) is 0 Å². The molecule has 55 heavy (non-hydrogen) atoms. The van der Waals surface area contributed by atoms with Crippen molar-refractivity contribution in [2.24, 2.45) is 0 Å². The van der Waals surface area contributed by atoms with E-state index in [-0.39, 0.29) is 0 Å². The van der Waals surface area contributed by atoms with Gasteiger partial charge in [-0.2, -0.15) is 0 Å². The first-order chi connectivity index (χ1) is 27.0. The van der Waals surface area contributed by atoms with Crippen molar-refractivity contribution >= 4 is 107 Å². The van der Waals surface area contributed by atoms with Gasteiger partial charge >= 0.3 is 0 Å². The van der Waals surface area contributed by atoms with Gasteiger partial charge in [-0.05, 0) is 96.4 Å². The second-order valence-corrected chi connectivity index (χ2v) is 16.9. The van der Waals surface area contributed by atoms with Gasteiger partial charge in [0.05, 0.1) is 16.6 Å². The van der Waals surface area contributed by atoms with Gasteiger partial charge in [-0.25, -0.2) is 0 Å². The summed E-state index contributed by atoms with van der Waals surface area (Å²) in [7, 11) is 24.4. The predicted octanol–water partition coefficient (Wildman–Crippen LogP) is 8.40. The summed E-state index contributed by atoms with van der Waals surface area (Å²) in [5.74, 6) is 0. The van der Waals surface area contributed by atoms with Crippen LogP contribution in [0.5, 0.6) is 0 Å². The fraction of sp³-hybridized carbons (Fsp3) is 0. The molecule has 0 fully saturated rings. The van der Waals surface area contributed by atoms with Crippen molar-refractivity contribution < 1.29 is 0 Å². The standard InChI is InChI=1S/C48H30B4N2S/c49-44-43-38-21-11-13-23-41(38)54(48(43)47(52)46(51)45(44)50)32-26-29-42-39(30-32)37-20-10-12-22-40(37)53(42)31-24-27-36(28-25-31)55(33-14-4-1-5-15-33,34-16-6-2-7-17-34)35-18-8-3-9-19-35/h1-30H. The Hall–Kier alpha value is -6.03. The van der Waals surface area contributed by atoms with Gasteiger partial charge in [-0.3, -0.25) is 0 Å². The molecule has 250 valence electrons. The number of rotatable bonds is 6. The molecule has 0 N–H and O–H groups in total. The van der Waals surface area contributed by atoms with Gasteiger partial charge in [0.1, 0.15) is 31.4 Å². The summed E-state index contributed by atoms with van der Waals surface area (Å²) >= 11 is 0. The van der Waals surface area contributed by atoms with E-state index in [0.717, 1.165) is 55.0 Å². The SMILES string of the molecule is [B]c1c([B])c([B])c2c(c1[B])c1ccccc1n2-c1ccc2c(c1)c1ccccc1n2-c1ccc(S(c2ccccc2)(c2ccccc2)c2ccccc2)cc1. The van der Waals surface area contributed by atoms with E-state index in [1.54, 1.807) is 0 Å². The first-order valence-electron chi connectivity index (χ1n) is 18.3. The van der Waals surface area contributed by atoms with Crippen LogP contribution in [0.4, 0.5) is 0 Å². The lowest BCUT2D eigenvalue weighted by Crippen LogP contribution is -2.48. The van der Waals surface area contributed by atoms with Crippen molar-refractivity contribution in [1.82, 2.24) is 9.13 Å². The fourth-order valence-electron chi connectivity index (χ4n) is 8.46. The minimum absolute atomic E-state index is 0.299. The molecule has 0 bridgehead atoms. The normalized spacial score (nSPS) is 12.2. The number of hydrogen-bond donors (Lipinski definition) is 0. The van der Waals surface area contributed by atoms with Crippen molar-refractivity contribution in [3.05, 3.63) is 182 Å². The number of nitrogens with zero attached hydrogens (tertiary/aromatic N) is 2. The topological polar surface area (TPSA) is 9.86 Å². The second-order valence-electron chi connectivity index (χ2n) is 13.8. The quantitative estimate of drug-likeness (QED) is 0.154. The third-order valence-corrected chi connectivity index (χ3v) is 14.8. The van der Waals surface area contributed by atoms with Crippen LogP contribution < -0.4 is 21.9 Å². The van der Waals surface area contributed by atoms with Crippen LogP contribution in [0.15, 0.2) is 202 Å². The Balaban J connectivity index is 1.19. The summed E-state index contributed by atoms with van der Waals surface area (Å²) in [6, 6.07) is 65.4. The molecule has 0 atom stereocenters. The maximum atomic E-state index is 6.74. The second kappa shape index (κ2) is 13.1. The molecule has 0 amide bonds. The van der Waals surface area contributed by atoms with Crippen molar-refractivity contribution in [3.63, 3.8) is 0 Å². The van der Waals surface area contributed by atoms with Crippen LogP contribution in [0.1, 0.15) is 0 Å². The zero-order valence-electron chi connectivity index (χ0n) is 29.9. The summed E-state index contributed by atoms with van der Waals surface area (Å²) in [5, 5.41) is 4.05. The first-order valence-corrected chi connectivity index (χ1v) is 19.9. The number of hydrogen-bond acceptors (Lipinski definition) is 0. The summed E-state index contributed by atoms with van der Waals surface area (Å²) in [6.07, 6.45) is 0. The predicted molar refractivity (Wildman–Crippen MR) is 237 cm³/mol. The molecule has 8 radical (unpaired) electrons. The molecule has 8 aromatic carbocycles. The molecular formula is C48H30B4N2S. The van der Waals surface area contributed by atoms with E-state index in [9.17, 15) is 0 Å². The van der Waals surface area contributed by atoms with E-state index < -0.39 is 10.0 Å². The molecule has 2 nitrogen and oxygen atoms in total. The summed E-state index contributed by atoms with van der Waals surface area (Å²) in [6.45, 7) is 0. The first kappa shape index (κ1) is 33.5. The molecule has 10 aromatic rings. The lowest BCUT2D eigenvalue weighted by molar-refractivity contribution is 1.15. The van der Waals surface area contributed by atoms with Gasteiger partial charge in [0.15, 0.2) is 0 Å². The molecule has 0 aliphatic rings. The molecule has 0 unspecified atom stereocenters. The Morgan fingerprint density at radius 2 is 0.764 bits per heavy atom. The molecule has 0 spiro atoms. The molecule has 0 saturated heterocycles. The fourth-order valence-corrected chi connectivity index (χ4v) is 12.3. The van der Waals surface area contributed by atoms with Crippen LogP contribution in [-0.2, 0) is 0 Å². The molecule has 0 aliphatic carbocycles. The zero-order chi connectivity index (χ0) is 37.3. The Bertz CT molecular complexity index is 2970. The Morgan fingerprint density at radius 1 is 0.327 bits per heavy atom. The molecule has 10 rings (SSSR count). The molecule has 0 saturated carbocycles. The largest absolute Gasteiger partial charge is 0.310 e. The average Bonchev–Trinajstić information content (AvgIpc) is 3.77. The van der Waals surface area contributed by atoms with Crippen LogP contribution in [-0.4, -0.2) is 40.5 Å². The maximum Gasteiger partial charge on any atom is 0.115 e. The summed E-state index contributed by atoms with van der Waals surface area (Å²) in [4.78, 5) is 5.15. The van der Waals surface area contributed by atoms with Crippen LogP contribution >= 0.6 is 10.0 Å². The third-order valence-electron chi connectivity index (χ3n) is 10.9. The van der Waals surface area contributed by atoms with Crippen molar-refractivity contribution in [2.75, 3.05) is 0 Å². The summed E-state index contributed by atoms with van der Waals surface area (Å²) < 4.78 is 4.52. The van der Waals surface area contributed by atoms with Gasteiger partial charge in [0, 0.05) is 52.6 Å². The lowest BCUT2D eigenvalue weighted by atomic mass is 9.65. The molecule has 0 aliphatic heterocycles. The van der Waals surface area contributed by atoms with Gasteiger partial charge in [-0.15, -0.1) is 21.0 Å². The highest BCUT2D eigenvalue weighted by atomic mass is 32.3. The third kappa shape index (κ3) is 4.96. The van der Waals surface area contributed by atoms with E-state index in [0.29, 0.717) is 21.9 Å². The van der Waals surface area contributed by atoms with Gasteiger partial charge in [0.2, 0.25) is 0 Å². The van der Waals surface area contributed by atoms with Crippen molar-refractivity contribution in [3.8, 4) is 11.4 Å². The van der Waals surface area contributed by atoms with Gasteiger partial charge in [0.25, 0.3) is 0 Å². The van der Waals surface area contributed by atoms with Crippen LogP contribution in [0.25, 0.3) is 55.0 Å². The van der Waals surface area contributed by atoms with E-state index in [1.807, 2.05) is 12.1 Å². The van der Waals surface area contributed by atoms with Crippen LogP contribution in [0.2, 0.25) is 0 Å². The smallest absolute Gasteiger partial charge is 0.115 e. The lowest BCUT2D eigenvalue weighted by Gasteiger charge is -2.42. The van der Waals surface area contributed by atoms with Gasteiger partial charge < -0.3 is 9.13 Å². The number of aromatic nitrogens is 2. The Morgan fingerprint density at radius 3 is 1.35 bits per heavy atom. The summed E-state index contributed by atoms with van der Waals surface area (Å²) in [5.41, 5.74) is 7.46. The monoisotopic (exact) mass is 710 g/mol. The van der Waals surface area contributed by atoms with E-state index in [4.69, 9.17) is 31.4 Å². The van der Waals surface area contributed by atoms with E-state index in [2.05, 4.69) is 179 Å². The average molecular weight is 710 g/mol. The highest BCUT2D eigenvalue weighted by Crippen LogP contribution is 2.73. The van der Waals surface area contributed by atoms with Crippen LogP contribution in [0, 0.1) is 0 Å². The van der Waals surface area contributed by atoms with Gasteiger partial charge in [-0.1, -0.05) is 102 Å². The number of para-hydroxylation sites is 2. The maximum absolute atomic E-state index is 6.74. The highest BCUT2D eigenvalue weighted by molar-refractivity contribution is 8.34. The Kier molecular flexibility index (Phi) is 7.97. The van der Waals surface area contributed by atoms with Crippen molar-refractivity contribution in [2.45, 2.75) is 19.6 Å². The zero-order valence-corrected chi connectivity index (χ0v) is 30.7. The molecule has 2 aromatic heterocycles. The number of fused-ring (bicyclic) bond motifs is 6. The minimum Gasteiger partial charge on any atom is -0.310 e. The van der Waals surface area contributed by atoms with E-state index in [1.165, 1.54) is 19.6 Å². The van der Waals surface area contributed by atoms with E-state index >= 15 is 0 Å². The highest BCUT2D eigenvalue weighted by Gasteiger charge is 2.33. The number of benzene rings is 8. The molecular weight excluding hydrogens is 680 g/mol.